The molecule has 1 aromatic carbocycles. The van der Waals surface area contributed by atoms with E-state index in [0.717, 1.165) is 36.6 Å². The zero-order valence-corrected chi connectivity index (χ0v) is 13.5. The summed E-state index contributed by atoms with van der Waals surface area (Å²) in [5.41, 5.74) is 1.00. The van der Waals surface area contributed by atoms with Gasteiger partial charge in [-0.05, 0) is 56.5 Å². The number of piperidine rings is 1. The van der Waals surface area contributed by atoms with Gasteiger partial charge in [0.15, 0.2) is 11.5 Å². The number of carbonyl (C=O) groups excluding carboxylic acids is 1. The molecule has 23 heavy (non-hydrogen) atoms. The predicted octanol–water partition coefficient (Wildman–Crippen LogP) is 2.04. The lowest BCUT2D eigenvalue weighted by Crippen LogP contribution is -2.49. The van der Waals surface area contributed by atoms with Crippen LogP contribution in [0, 0.1) is 0 Å². The summed E-state index contributed by atoms with van der Waals surface area (Å²) in [6.07, 6.45) is 5.41. The molecular formula is C18H24N2O3. The number of amides is 1. The normalized spacial score (nSPS) is 24.2. The molecule has 3 aliphatic heterocycles. The standard InChI is InChI=1S/C18H24N2O3/c21-18(11-14-5-6-16-17(10-14)23-13-22-16)20-9-3-4-15(12-20)19-7-1-2-8-19/h5-6,10,15H,1-4,7-9,11-13H2. The number of hydrogen-bond donors (Lipinski definition) is 0. The molecule has 5 heteroatoms. The maximum absolute atomic E-state index is 12.7. The van der Waals surface area contributed by atoms with Gasteiger partial charge in [-0.1, -0.05) is 6.07 Å². The van der Waals surface area contributed by atoms with Crippen LogP contribution in [0.1, 0.15) is 31.2 Å². The molecule has 0 saturated carbocycles. The molecule has 1 atom stereocenters. The van der Waals surface area contributed by atoms with Crippen molar-refractivity contribution in [2.24, 2.45) is 0 Å². The Bertz CT molecular complexity index is 584. The van der Waals surface area contributed by atoms with Crippen LogP contribution in [0.4, 0.5) is 0 Å². The zero-order chi connectivity index (χ0) is 15.6. The fourth-order valence-electron chi connectivity index (χ4n) is 3.92. The highest BCUT2D eigenvalue weighted by atomic mass is 16.7. The molecule has 124 valence electrons. The van der Waals surface area contributed by atoms with E-state index in [2.05, 4.69) is 9.80 Å². The predicted molar refractivity (Wildman–Crippen MR) is 86.7 cm³/mol. The molecule has 4 rings (SSSR count). The summed E-state index contributed by atoms with van der Waals surface area (Å²) >= 11 is 0. The number of rotatable bonds is 3. The molecule has 3 heterocycles. The van der Waals surface area contributed by atoms with Crippen LogP contribution in [0.15, 0.2) is 18.2 Å². The third kappa shape index (κ3) is 3.15. The molecule has 0 aromatic heterocycles. The molecule has 1 aromatic rings. The molecule has 0 bridgehead atoms. The van der Waals surface area contributed by atoms with Crippen molar-refractivity contribution in [2.45, 2.75) is 38.1 Å². The minimum atomic E-state index is 0.229. The second-order valence-electron chi connectivity index (χ2n) is 6.74. The van der Waals surface area contributed by atoms with Crippen molar-refractivity contribution < 1.29 is 14.3 Å². The van der Waals surface area contributed by atoms with E-state index in [4.69, 9.17) is 9.47 Å². The van der Waals surface area contributed by atoms with Gasteiger partial charge < -0.3 is 14.4 Å². The van der Waals surface area contributed by atoms with Gasteiger partial charge in [-0.25, -0.2) is 0 Å². The Labute approximate surface area is 137 Å². The molecule has 5 nitrogen and oxygen atoms in total. The topological polar surface area (TPSA) is 42.0 Å². The zero-order valence-electron chi connectivity index (χ0n) is 13.5. The van der Waals surface area contributed by atoms with E-state index >= 15 is 0 Å². The van der Waals surface area contributed by atoms with Crippen LogP contribution < -0.4 is 9.47 Å². The molecule has 0 radical (unpaired) electrons. The molecule has 3 aliphatic rings. The van der Waals surface area contributed by atoms with E-state index in [0.29, 0.717) is 12.5 Å². The highest BCUT2D eigenvalue weighted by molar-refractivity contribution is 5.79. The van der Waals surface area contributed by atoms with E-state index in [9.17, 15) is 4.79 Å². The lowest BCUT2D eigenvalue weighted by Gasteiger charge is -2.37. The quantitative estimate of drug-likeness (QED) is 0.856. The maximum atomic E-state index is 12.7. The highest BCUT2D eigenvalue weighted by Gasteiger charge is 2.29. The first-order chi connectivity index (χ1) is 11.3. The smallest absolute Gasteiger partial charge is 0.231 e. The first-order valence-corrected chi connectivity index (χ1v) is 8.70. The monoisotopic (exact) mass is 316 g/mol. The highest BCUT2D eigenvalue weighted by Crippen LogP contribution is 2.32. The molecule has 1 unspecified atom stereocenters. The Morgan fingerprint density at radius 2 is 1.91 bits per heavy atom. The van der Waals surface area contributed by atoms with Crippen LogP contribution in [0.3, 0.4) is 0 Å². The lowest BCUT2D eigenvalue weighted by molar-refractivity contribution is -0.132. The van der Waals surface area contributed by atoms with Crippen LogP contribution in [0.25, 0.3) is 0 Å². The van der Waals surface area contributed by atoms with Crippen LogP contribution in [0.2, 0.25) is 0 Å². The number of fused-ring (bicyclic) bond motifs is 1. The molecule has 0 N–H and O–H groups in total. The van der Waals surface area contributed by atoms with E-state index in [1.54, 1.807) is 0 Å². The van der Waals surface area contributed by atoms with Gasteiger partial charge in [0, 0.05) is 19.1 Å². The molecular weight excluding hydrogens is 292 g/mol. The van der Waals surface area contributed by atoms with Crippen LogP contribution >= 0.6 is 0 Å². The number of nitrogens with zero attached hydrogens (tertiary/aromatic N) is 2. The third-order valence-electron chi connectivity index (χ3n) is 5.20. The second-order valence-corrected chi connectivity index (χ2v) is 6.74. The van der Waals surface area contributed by atoms with Crippen molar-refractivity contribution in [3.05, 3.63) is 23.8 Å². The second kappa shape index (κ2) is 6.40. The SMILES string of the molecule is O=C(Cc1ccc2c(c1)OCO2)N1CCCC(N2CCCC2)C1. The minimum absolute atomic E-state index is 0.229. The number of ether oxygens (including phenoxy) is 2. The van der Waals surface area contributed by atoms with Gasteiger partial charge in [0.25, 0.3) is 0 Å². The fraction of sp³-hybridized carbons (Fsp3) is 0.611. The first kappa shape index (κ1) is 14.8. The number of likely N-dealkylation sites (tertiary alicyclic amines) is 2. The van der Waals surface area contributed by atoms with Crippen molar-refractivity contribution in [1.29, 1.82) is 0 Å². The molecule has 0 aliphatic carbocycles. The summed E-state index contributed by atoms with van der Waals surface area (Å²) in [6, 6.07) is 6.36. The number of benzene rings is 1. The van der Waals surface area contributed by atoms with Crippen LogP contribution in [0.5, 0.6) is 11.5 Å². The maximum Gasteiger partial charge on any atom is 0.231 e. The van der Waals surface area contributed by atoms with Gasteiger partial charge in [-0.15, -0.1) is 0 Å². The van der Waals surface area contributed by atoms with Crippen LogP contribution in [-0.2, 0) is 11.2 Å². The summed E-state index contributed by atoms with van der Waals surface area (Å²) < 4.78 is 10.7. The van der Waals surface area contributed by atoms with Crippen molar-refractivity contribution in [1.82, 2.24) is 9.80 Å². The Balaban J connectivity index is 1.38. The molecule has 2 saturated heterocycles. The first-order valence-electron chi connectivity index (χ1n) is 8.70. The summed E-state index contributed by atoms with van der Waals surface area (Å²) in [7, 11) is 0. The number of hydrogen-bond acceptors (Lipinski definition) is 4. The minimum Gasteiger partial charge on any atom is -0.454 e. The Morgan fingerprint density at radius 1 is 1.09 bits per heavy atom. The average Bonchev–Trinajstić information content (AvgIpc) is 3.26. The van der Waals surface area contributed by atoms with Gasteiger partial charge in [-0.2, -0.15) is 0 Å². The average molecular weight is 316 g/mol. The Hall–Kier alpha value is -1.75. The van der Waals surface area contributed by atoms with Crippen molar-refractivity contribution >= 4 is 5.91 Å². The summed E-state index contributed by atoms with van der Waals surface area (Å²) in [6.45, 7) is 4.47. The van der Waals surface area contributed by atoms with Gasteiger partial charge in [0.1, 0.15) is 0 Å². The summed E-state index contributed by atoms with van der Waals surface area (Å²) in [5.74, 6) is 1.75. The van der Waals surface area contributed by atoms with Gasteiger partial charge in [-0.3, -0.25) is 9.69 Å². The largest absolute Gasteiger partial charge is 0.454 e. The van der Waals surface area contributed by atoms with E-state index < -0.39 is 0 Å². The molecule has 0 spiro atoms. The van der Waals surface area contributed by atoms with Crippen molar-refractivity contribution in [3.63, 3.8) is 0 Å². The van der Waals surface area contributed by atoms with Gasteiger partial charge in [0.05, 0.1) is 6.42 Å². The van der Waals surface area contributed by atoms with E-state index in [1.807, 2.05) is 18.2 Å². The van der Waals surface area contributed by atoms with E-state index in [-0.39, 0.29) is 12.7 Å². The summed E-state index contributed by atoms with van der Waals surface area (Å²) in [5, 5.41) is 0. The van der Waals surface area contributed by atoms with Crippen molar-refractivity contribution in [3.8, 4) is 11.5 Å². The Morgan fingerprint density at radius 3 is 2.78 bits per heavy atom. The number of carbonyl (C=O) groups is 1. The molecule has 1 amide bonds. The van der Waals surface area contributed by atoms with Crippen molar-refractivity contribution in [2.75, 3.05) is 33.0 Å². The van der Waals surface area contributed by atoms with E-state index in [1.165, 1.54) is 32.4 Å². The Kier molecular flexibility index (Phi) is 4.12. The fourth-order valence-corrected chi connectivity index (χ4v) is 3.92. The van der Waals surface area contributed by atoms with Gasteiger partial charge in [0.2, 0.25) is 12.7 Å². The third-order valence-corrected chi connectivity index (χ3v) is 5.20. The molecule has 2 fully saturated rings. The van der Waals surface area contributed by atoms with Crippen LogP contribution in [-0.4, -0.2) is 54.7 Å². The lowest BCUT2D eigenvalue weighted by atomic mass is 10.0. The van der Waals surface area contributed by atoms with Gasteiger partial charge >= 0.3 is 0 Å². The summed E-state index contributed by atoms with van der Waals surface area (Å²) in [4.78, 5) is 17.3.